The van der Waals surface area contributed by atoms with Gasteiger partial charge in [-0.3, -0.25) is 4.18 Å². The van der Waals surface area contributed by atoms with E-state index >= 15 is 0 Å². The maximum absolute atomic E-state index is 12.3. The van der Waals surface area contributed by atoms with Crippen molar-refractivity contribution in [1.82, 2.24) is 4.57 Å². The predicted molar refractivity (Wildman–Crippen MR) is 121 cm³/mol. The number of aromatic nitrogens is 2. The molecule has 0 spiro atoms. The molecule has 11 heteroatoms. The average molecular weight is 493 g/mol. The van der Waals surface area contributed by atoms with Crippen molar-refractivity contribution in [2.24, 2.45) is 7.05 Å². The summed E-state index contributed by atoms with van der Waals surface area (Å²) in [5.41, 5.74) is -1.50. The molecule has 0 amide bonds. The molecule has 0 aliphatic heterocycles. The highest BCUT2D eigenvalue weighted by atomic mass is 32.3. The van der Waals surface area contributed by atoms with Crippen LogP contribution in [0.1, 0.15) is 78.6 Å². The molecule has 0 saturated heterocycles. The SMILES string of the molecule is CCCCCCCCOS(=O)(=O)[O-].CCCCCOC(=O)C(C)(C(=O)OC)n1cc[n+](C)c1. The lowest BCUT2D eigenvalue weighted by atomic mass is 10.0. The van der Waals surface area contributed by atoms with Crippen molar-refractivity contribution >= 4 is 22.3 Å². The van der Waals surface area contributed by atoms with Crippen LogP contribution in [0.25, 0.3) is 0 Å². The molecule has 0 aliphatic carbocycles. The first-order valence-corrected chi connectivity index (χ1v) is 12.8. The second kappa shape index (κ2) is 16.6. The lowest BCUT2D eigenvalue weighted by Gasteiger charge is -2.21. The topological polar surface area (TPSA) is 128 Å². The number of ether oxygens (including phenoxy) is 2. The third-order valence-electron chi connectivity index (χ3n) is 4.97. The summed E-state index contributed by atoms with van der Waals surface area (Å²) >= 11 is 0. The van der Waals surface area contributed by atoms with Crippen molar-refractivity contribution in [2.45, 2.75) is 84.1 Å². The largest absolute Gasteiger partial charge is 0.726 e. The van der Waals surface area contributed by atoms with Crippen LogP contribution in [-0.4, -0.2) is 49.8 Å². The zero-order valence-electron chi connectivity index (χ0n) is 20.6. The second-order valence-electron chi connectivity index (χ2n) is 7.89. The Labute approximate surface area is 198 Å². The zero-order valence-corrected chi connectivity index (χ0v) is 21.4. The van der Waals surface area contributed by atoms with Gasteiger partial charge in [-0.2, -0.15) is 0 Å². The van der Waals surface area contributed by atoms with E-state index in [1.54, 1.807) is 30.3 Å². The molecule has 10 nitrogen and oxygen atoms in total. The van der Waals surface area contributed by atoms with Crippen molar-refractivity contribution in [1.29, 1.82) is 0 Å². The fraction of sp³-hybridized carbons (Fsp3) is 0.773. The van der Waals surface area contributed by atoms with E-state index in [0.717, 1.165) is 32.1 Å². The van der Waals surface area contributed by atoms with Crippen LogP contribution in [0.3, 0.4) is 0 Å². The van der Waals surface area contributed by atoms with E-state index in [9.17, 15) is 22.6 Å². The molecule has 0 aliphatic rings. The summed E-state index contributed by atoms with van der Waals surface area (Å²) in [6.07, 6.45) is 14.1. The lowest BCUT2D eigenvalue weighted by molar-refractivity contribution is -0.671. The molecule has 192 valence electrons. The number of esters is 2. The number of imidazole rings is 1. The third kappa shape index (κ3) is 12.7. The summed E-state index contributed by atoms with van der Waals surface area (Å²) in [6.45, 7) is 6.04. The standard InChI is InChI=1S/C14H23N2O4.C8H18O4S/c1-5-6-7-10-20-13(18)14(2,12(17)19-4)16-9-8-15(3)11-16;1-2-3-4-5-6-7-8-12-13(9,10)11/h8-9,11H,5-7,10H2,1-4H3;2-8H2,1H3,(H,9,10,11)/q+1;/p-1. The highest BCUT2D eigenvalue weighted by molar-refractivity contribution is 7.80. The van der Waals surface area contributed by atoms with Gasteiger partial charge in [0.25, 0.3) is 0 Å². The molecule has 0 fully saturated rings. The Hall–Kier alpha value is -1.98. The number of hydrogen-bond acceptors (Lipinski definition) is 8. The van der Waals surface area contributed by atoms with E-state index in [1.807, 2.05) is 0 Å². The Morgan fingerprint density at radius 1 is 0.970 bits per heavy atom. The monoisotopic (exact) mass is 492 g/mol. The van der Waals surface area contributed by atoms with Crippen molar-refractivity contribution in [2.75, 3.05) is 20.3 Å². The highest BCUT2D eigenvalue weighted by Crippen LogP contribution is 2.20. The first-order valence-electron chi connectivity index (χ1n) is 11.4. The normalized spacial score (nSPS) is 12.9. The molecular weight excluding hydrogens is 452 g/mol. The lowest BCUT2D eigenvalue weighted by Crippen LogP contribution is -2.48. The van der Waals surface area contributed by atoms with Gasteiger partial charge in [-0.05, 0) is 12.8 Å². The number of hydrogen-bond donors (Lipinski definition) is 0. The van der Waals surface area contributed by atoms with E-state index in [0.29, 0.717) is 13.0 Å². The van der Waals surface area contributed by atoms with Crippen LogP contribution in [-0.2, 0) is 46.2 Å². The van der Waals surface area contributed by atoms with Gasteiger partial charge in [0.15, 0.2) is 0 Å². The van der Waals surface area contributed by atoms with Crippen molar-refractivity contribution in [3.8, 4) is 0 Å². The Kier molecular flexibility index (Phi) is 15.6. The highest BCUT2D eigenvalue weighted by Gasteiger charge is 2.50. The third-order valence-corrected chi connectivity index (χ3v) is 5.43. The summed E-state index contributed by atoms with van der Waals surface area (Å²) in [4.78, 5) is 24.3. The zero-order chi connectivity index (χ0) is 25.3. The van der Waals surface area contributed by atoms with E-state index in [-0.39, 0.29) is 6.61 Å². The minimum Gasteiger partial charge on any atom is -0.726 e. The summed E-state index contributed by atoms with van der Waals surface area (Å²) in [5.74, 6) is -1.24. The van der Waals surface area contributed by atoms with Crippen molar-refractivity contribution < 1.29 is 40.8 Å². The number of rotatable bonds is 15. The molecular formula is C22H40N2O8S. The number of nitrogens with zero attached hydrogens (tertiary/aromatic N) is 2. The predicted octanol–water partition coefficient (Wildman–Crippen LogP) is 2.76. The molecule has 33 heavy (non-hydrogen) atoms. The molecule has 0 aromatic carbocycles. The summed E-state index contributed by atoms with van der Waals surface area (Å²) in [6, 6.07) is 0. The van der Waals surface area contributed by atoms with Crippen molar-refractivity contribution in [3.05, 3.63) is 18.7 Å². The fourth-order valence-electron chi connectivity index (χ4n) is 2.91. The number of unbranched alkanes of at least 4 members (excludes halogenated alkanes) is 7. The van der Waals surface area contributed by atoms with Crippen LogP contribution in [0.4, 0.5) is 0 Å². The summed E-state index contributed by atoms with van der Waals surface area (Å²) in [5, 5.41) is 0. The van der Waals surface area contributed by atoms with Crippen LogP contribution in [0.5, 0.6) is 0 Å². The van der Waals surface area contributed by atoms with Gasteiger partial charge in [-0.1, -0.05) is 58.8 Å². The van der Waals surface area contributed by atoms with Gasteiger partial charge in [-0.25, -0.2) is 27.1 Å². The number of carbonyl (C=O) groups is 2. The maximum atomic E-state index is 12.3. The second-order valence-corrected chi connectivity index (χ2v) is 8.94. The van der Waals surface area contributed by atoms with Gasteiger partial charge < -0.3 is 14.0 Å². The molecule has 0 bridgehead atoms. The van der Waals surface area contributed by atoms with Crippen LogP contribution >= 0.6 is 0 Å². The van der Waals surface area contributed by atoms with Crippen LogP contribution in [0.2, 0.25) is 0 Å². The molecule has 1 unspecified atom stereocenters. The maximum Gasteiger partial charge on any atom is 0.366 e. The number of aryl methyl sites for hydroxylation is 1. The molecule has 1 atom stereocenters. The fourth-order valence-corrected chi connectivity index (χ4v) is 3.23. The molecule has 1 rings (SSSR count). The number of methoxy groups -OCH3 is 1. The smallest absolute Gasteiger partial charge is 0.366 e. The van der Waals surface area contributed by atoms with E-state index in [2.05, 4.69) is 18.0 Å². The number of carbonyl (C=O) groups excluding carboxylic acids is 2. The minimum absolute atomic E-state index is 0.0258. The Bertz CT molecular complexity index is 794. The van der Waals surface area contributed by atoms with Gasteiger partial charge in [-0.15, -0.1) is 0 Å². The van der Waals surface area contributed by atoms with Gasteiger partial charge in [0.2, 0.25) is 16.7 Å². The summed E-state index contributed by atoms with van der Waals surface area (Å²) in [7, 11) is -1.41. The van der Waals surface area contributed by atoms with Gasteiger partial charge in [0.1, 0.15) is 12.4 Å². The first kappa shape index (κ1) is 31.0. The molecule has 0 N–H and O–H groups in total. The summed E-state index contributed by atoms with van der Waals surface area (Å²) < 4.78 is 47.2. The van der Waals surface area contributed by atoms with Crippen molar-refractivity contribution in [3.63, 3.8) is 0 Å². The Morgan fingerprint density at radius 2 is 1.52 bits per heavy atom. The van der Waals surface area contributed by atoms with Gasteiger partial charge in [0.05, 0.1) is 27.4 Å². The molecule has 0 saturated carbocycles. The Morgan fingerprint density at radius 3 is 2.03 bits per heavy atom. The van der Waals surface area contributed by atoms with Gasteiger partial charge in [0, 0.05) is 6.92 Å². The molecule has 0 radical (unpaired) electrons. The van der Waals surface area contributed by atoms with E-state index in [4.69, 9.17) is 9.47 Å². The minimum atomic E-state index is -4.47. The Balaban J connectivity index is 0.000000684. The molecule has 1 aromatic rings. The van der Waals surface area contributed by atoms with E-state index in [1.165, 1.54) is 37.9 Å². The van der Waals surface area contributed by atoms with Crippen LogP contribution in [0, 0.1) is 0 Å². The quantitative estimate of drug-likeness (QED) is 0.0913. The average Bonchev–Trinajstić information content (AvgIpc) is 3.21. The molecule has 1 aromatic heterocycles. The first-order chi connectivity index (χ1) is 15.5. The van der Waals surface area contributed by atoms with E-state index < -0.39 is 27.9 Å². The molecule has 1 heterocycles. The van der Waals surface area contributed by atoms with Crippen LogP contribution < -0.4 is 4.57 Å². The van der Waals surface area contributed by atoms with Gasteiger partial charge >= 0.3 is 17.5 Å². The van der Waals surface area contributed by atoms with Crippen LogP contribution in [0.15, 0.2) is 18.7 Å².